The number of nitro benzene ring substituents is 1. The number of primary amides is 1. The molecule has 1 fully saturated rings. The number of nitrogens with zero attached hydrogens (tertiary/aromatic N) is 2. The highest BCUT2D eigenvalue weighted by atomic mass is 35.5. The molecule has 0 aromatic heterocycles. The first-order valence-electron chi connectivity index (χ1n) is 8.54. The van der Waals surface area contributed by atoms with Crippen molar-refractivity contribution >= 4 is 52.8 Å². The second kappa shape index (κ2) is 8.63. The molecule has 0 spiro atoms. The van der Waals surface area contributed by atoms with Gasteiger partial charge in [-0.25, -0.2) is 9.69 Å². The van der Waals surface area contributed by atoms with Crippen LogP contribution in [0, 0.1) is 10.1 Å². The lowest BCUT2D eigenvalue weighted by molar-refractivity contribution is -0.384. The molecule has 3 rings (SSSR count). The summed E-state index contributed by atoms with van der Waals surface area (Å²) in [6, 6.07) is 7.97. The lowest BCUT2D eigenvalue weighted by Crippen LogP contribution is -2.54. The molecule has 1 heterocycles. The molecule has 1 saturated heterocycles. The molecule has 3 N–H and O–H groups in total. The van der Waals surface area contributed by atoms with E-state index in [1.165, 1.54) is 36.4 Å². The maximum Gasteiger partial charge on any atom is 0.335 e. The summed E-state index contributed by atoms with van der Waals surface area (Å²) in [7, 11) is 0. The van der Waals surface area contributed by atoms with Crippen molar-refractivity contribution in [2.24, 2.45) is 5.73 Å². The molecular formula is C19H13ClN4O7. The molecule has 0 saturated carbocycles. The zero-order valence-corrected chi connectivity index (χ0v) is 16.3. The Morgan fingerprint density at radius 1 is 1.19 bits per heavy atom. The Balaban J connectivity index is 1.90. The Morgan fingerprint density at radius 3 is 2.45 bits per heavy atom. The number of nitrogens with two attached hydrogens (primary N) is 1. The van der Waals surface area contributed by atoms with Crippen molar-refractivity contribution < 1.29 is 28.8 Å². The first-order valence-corrected chi connectivity index (χ1v) is 8.91. The van der Waals surface area contributed by atoms with Crippen molar-refractivity contribution in [2.75, 3.05) is 11.5 Å². The number of imide groups is 2. The number of hydrogen-bond acceptors (Lipinski definition) is 7. The summed E-state index contributed by atoms with van der Waals surface area (Å²) in [4.78, 5) is 58.9. The third-order valence-corrected chi connectivity index (χ3v) is 4.35. The number of anilines is 1. The molecular weight excluding hydrogens is 432 g/mol. The van der Waals surface area contributed by atoms with E-state index in [1.807, 2.05) is 5.32 Å². The van der Waals surface area contributed by atoms with Gasteiger partial charge in [0.25, 0.3) is 23.4 Å². The monoisotopic (exact) mass is 444 g/mol. The SMILES string of the molecule is NC(=O)COc1ccc(/C=C2\C(=O)NC(=O)N(c3ccc([N+](=O)[O-])cc3)C2=O)cc1Cl. The van der Waals surface area contributed by atoms with E-state index in [9.17, 15) is 29.3 Å². The number of nitrogens with one attached hydrogen (secondary N) is 1. The number of urea groups is 1. The molecule has 31 heavy (non-hydrogen) atoms. The quantitative estimate of drug-likeness (QED) is 0.297. The average molecular weight is 445 g/mol. The van der Waals surface area contributed by atoms with Crippen molar-refractivity contribution in [1.82, 2.24) is 5.32 Å². The summed E-state index contributed by atoms with van der Waals surface area (Å²) in [6.45, 7) is -0.382. The minimum absolute atomic E-state index is 0.0414. The fraction of sp³-hybridized carbons (Fsp3) is 0.0526. The number of non-ortho nitro benzene ring substituents is 1. The first-order chi connectivity index (χ1) is 14.7. The van der Waals surface area contributed by atoms with Gasteiger partial charge in [-0.15, -0.1) is 0 Å². The number of halogens is 1. The highest BCUT2D eigenvalue weighted by Crippen LogP contribution is 2.28. The van der Waals surface area contributed by atoms with Gasteiger partial charge in [0.2, 0.25) is 0 Å². The Morgan fingerprint density at radius 2 is 1.87 bits per heavy atom. The second-order valence-electron chi connectivity index (χ2n) is 6.18. The van der Waals surface area contributed by atoms with Crippen molar-refractivity contribution in [1.29, 1.82) is 0 Å². The van der Waals surface area contributed by atoms with Gasteiger partial charge in [0.05, 0.1) is 15.6 Å². The van der Waals surface area contributed by atoms with Gasteiger partial charge in [-0.1, -0.05) is 17.7 Å². The van der Waals surface area contributed by atoms with E-state index >= 15 is 0 Å². The predicted molar refractivity (Wildman–Crippen MR) is 108 cm³/mol. The lowest BCUT2D eigenvalue weighted by Gasteiger charge is -2.26. The number of ether oxygens (including phenoxy) is 1. The van der Waals surface area contributed by atoms with Gasteiger partial charge in [0.1, 0.15) is 11.3 Å². The standard InChI is InChI=1S/C19H13ClN4O7/c20-14-8-10(1-6-15(14)31-9-16(21)25)7-13-17(26)22-19(28)23(18(13)27)11-2-4-12(5-3-11)24(29)30/h1-8H,9H2,(H2,21,25)(H,22,26,28)/b13-7+. The third kappa shape index (κ3) is 4.67. The average Bonchev–Trinajstić information content (AvgIpc) is 2.70. The fourth-order valence-corrected chi connectivity index (χ4v) is 2.90. The van der Waals surface area contributed by atoms with Crippen LogP contribution in [0.3, 0.4) is 0 Å². The Hall–Kier alpha value is -4.25. The lowest BCUT2D eigenvalue weighted by atomic mass is 10.1. The van der Waals surface area contributed by atoms with Crippen LogP contribution >= 0.6 is 11.6 Å². The molecule has 0 aliphatic carbocycles. The molecule has 158 valence electrons. The molecule has 0 atom stereocenters. The van der Waals surface area contributed by atoms with E-state index in [4.69, 9.17) is 22.1 Å². The molecule has 5 amide bonds. The summed E-state index contributed by atoms with van der Waals surface area (Å²) in [5.74, 6) is -2.36. The maximum absolute atomic E-state index is 12.8. The first kappa shape index (κ1) is 21.5. The number of benzene rings is 2. The van der Waals surface area contributed by atoms with Crippen LogP contribution in [0.5, 0.6) is 5.75 Å². The van der Waals surface area contributed by atoms with E-state index in [2.05, 4.69) is 0 Å². The van der Waals surface area contributed by atoms with Crippen molar-refractivity contribution in [3.8, 4) is 5.75 Å². The normalized spacial score (nSPS) is 15.1. The predicted octanol–water partition coefficient (Wildman–Crippen LogP) is 1.78. The molecule has 12 heteroatoms. The Kier molecular flexibility index (Phi) is 5.97. The van der Waals surface area contributed by atoms with Gasteiger partial charge in [-0.05, 0) is 35.9 Å². The molecule has 11 nitrogen and oxygen atoms in total. The van der Waals surface area contributed by atoms with Gasteiger partial charge in [0.15, 0.2) is 6.61 Å². The molecule has 0 bridgehead atoms. The van der Waals surface area contributed by atoms with Crippen molar-refractivity contribution in [3.63, 3.8) is 0 Å². The van der Waals surface area contributed by atoms with Crippen molar-refractivity contribution in [3.05, 3.63) is 68.7 Å². The van der Waals surface area contributed by atoms with E-state index in [0.29, 0.717) is 10.5 Å². The molecule has 0 radical (unpaired) electrons. The second-order valence-corrected chi connectivity index (χ2v) is 6.58. The molecule has 1 aliphatic heterocycles. The van der Waals surface area contributed by atoms with Gasteiger partial charge < -0.3 is 10.5 Å². The summed E-state index contributed by atoms with van der Waals surface area (Å²) in [6.07, 6.45) is 1.21. The number of hydrogen-bond donors (Lipinski definition) is 2. The zero-order valence-electron chi connectivity index (χ0n) is 15.5. The number of nitro groups is 1. The van der Waals surface area contributed by atoms with E-state index in [1.54, 1.807) is 0 Å². The van der Waals surface area contributed by atoms with E-state index < -0.39 is 28.7 Å². The minimum atomic E-state index is -0.991. The number of carbonyl (C=O) groups excluding carboxylic acids is 4. The maximum atomic E-state index is 12.8. The highest BCUT2D eigenvalue weighted by Gasteiger charge is 2.37. The van der Waals surface area contributed by atoms with Crippen LogP contribution in [0.1, 0.15) is 5.56 Å². The van der Waals surface area contributed by atoms with Crippen LogP contribution in [0.25, 0.3) is 6.08 Å². The van der Waals surface area contributed by atoms with Gasteiger partial charge >= 0.3 is 6.03 Å². The number of carbonyl (C=O) groups is 4. The topological polar surface area (TPSA) is 162 Å². The van der Waals surface area contributed by atoms with Gasteiger partial charge in [-0.3, -0.25) is 29.8 Å². The Labute approximate surface area is 179 Å². The van der Waals surface area contributed by atoms with Gasteiger partial charge in [-0.2, -0.15) is 0 Å². The summed E-state index contributed by atoms with van der Waals surface area (Å²) < 4.78 is 5.13. The molecule has 2 aromatic rings. The van der Waals surface area contributed by atoms with Crippen LogP contribution in [0.15, 0.2) is 48.0 Å². The largest absolute Gasteiger partial charge is 0.482 e. The summed E-state index contributed by atoms with van der Waals surface area (Å²) in [5.41, 5.74) is 4.80. The summed E-state index contributed by atoms with van der Waals surface area (Å²) >= 11 is 6.08. The molecule has 2 aromatic carbocycles. The molecule has 0 unspecified atom stereocenters. The summed E-state index contributed by atoms with van der Waals surface area (Å²) in [5, 5.41) is 12.9. The van der Waals surface area contributed by atoms with Crippen LogP contribution in [0.4, 0.5) is 16.2 Å². The van der Waals surface area contributed by atoms with Crippen LogP contribution in [-0.2, 0) is 14.4 Å². The van der Waals surface area contributed by atoms with Crippen LogP contribution in [-0.4, -0.2) is 35.3 Å². The van der Waals surface area contributed by atoms with Crippen molar-refractivity contribution in [2.45, 2.75) is 0 Å². The number of rotatable bonds is 6. The fourth-order valence-electron chi connectivity index (χ4n) is 2.65. The Bertz CT molecular complexity index is 1140. The third-order valence-electron chi connectivity index (χ3n) is 4.06. The zero-order chi connectivity index (χ0) is 22.7. The van der Waals surface area contributed by atoms with Crippen LogP contribution in [0.2, 0.25) is 5.02 Å². The minimum Gasteiger partial charge on any atom is -0.482 e. The number of barbiturate groups is 1. The smallest absolute Gasteiger partial charge is 0.335 e. The van der Waals surface area contributed by atoms with E-state index in [-0.39, 0.29) is 34.3 Å². The highest BCUT2D eigenvalue weighted by molar-refractivity contribution is 6.39. The number of amides is 5. The van der Waals surface area contributed by atoms with Gasteiger partial charge in [0, 0.05) is 12.1 Å². The van der Waals surface area contributed by atoms with E-state index in [0.717, 1.165) is 12.1 Å². The van der Waals surface area contributed by atoms with Crippen LogP contribution < -0.4 is 20.7 Å². The molecule has 1 aliphatic rings.